The number of amides is 2. The van der Waals surface area contributed by atoms with Gasteiger partial charge in [-0.1, -0.05) is 31.2 Å². The van der Waals surface area contributed by atoms with Crippen LogP contribution in [-0.2, 0) is 15.0 Å². The van der Waals surface area contributed by atoms with Gasteiger partial charge in [0.2, 0.25) is 11.8 Å². The molecule has 1 aliphatic rings. The fraction of sp³-hybridized carbons (Fsp3) is 0.269. The molecule has 2 aromatic carbocycles. The SMILES string of the molecule is CCC(=O)Nc1cccc(-c2nc(NC(=O)C(C)(C)c3ccc4c(c3)OC(F)(F)O4)ccc2C)c1. The van der Waals surface area contributed by atoms with E-state index < -0.39 is 11.7 Å². The average molecular weight is 481 g/mol. The molecule has 0 saturated carbocycles. The van der Waals surface area contributed by atoms with Gasteiger partial charge in [0.25, 0.3) is 0 Å². The monoisotopic (exact) mass is 481 g/mol. The highest BCUT2D eigenvalue weighted by Gasteiger charge is 2.44. The molecular formula is C26H25F2N3O4. The molecule has 7 nitrogen and oxygen atoms in total. The van der Waals surface area contributed by atoms with Gasteiger partial charge in [-0.05, 0) is 62.2 Å². The van der Waals surface area contributed by atoms with Gasteiger partial charge < -0.3 is 20.1 Å². The van der Waals surface area contributed by atoms with Gasteiger partial charge in [0.15, 0.2) is 11.5 Å². The third-order valence-corrected chi connectivity index (χ3v) is 5.77. The summed E-state index contributed by atoms with van der Waals surface area (Å²) in [5.41, 5.74) is 2.36. The Morgan fingerprint density at radius 3 is 2.49 bits per heavy atom. The number of fused-ring (bicyclic) bond motifs is 1. The number of benzene rings is 2. The summed E-state index contributed by atoms with van der Waals surface area (Å²) in [5, 5.41) is 5.64. The lowest BCUT2D eigenvalue weighted by atomic mass is 9.83. The Morgan fingerprint density at radius 1 is 1.00 bits per heavy atom. The summed E-state index contributed by atoms with van der Waals surface area (Å²) in [7, 11) is 0. The minimum atomic E-state index is -3.73. The molecule has 0 radical (unpaired) electrons. The van der Waals surface area contributed by atoms with Crippen LogP contribution in [0.3, 0.4) is 0 Å². The van der Waals surface area contributed by atoms with Crippen molar-refractivity contribution >= 4 is 23.3 Å². The number of hydrogen-bond donors (Lipinski definition) is 2. The van der Waals surface area contributed by atoms with Gasteiger partial charge in [-0.2, -0.15) is 0 Å². The first kappa shape index (κ1) is 24.1. The molecule has 9 heteroatoms. The van der Waals surface area contributed by atoms with E-state index in [0.29, 0.717) is 29.2 Å². The largest absolute Gasteiger partial charge is 0.586 e. The number of aryl methyl sites for hydroxylation is 1. The maximum atomic E-state index is 13.4. The van der Waals surface area contributed by atoms with E-state index in [9.17, 15) is 18.4 Å². The molecule has 0 spiro atoms. The van der Waals surface area contributed by atoms with Crippen LogP contribution in [0.1, 0.15) is 38.3 Å². The molecule has 35 heavy (non-hydrogen) atoms. The van der Waals surface area contributed by atoms with Crippen molar-refractivity contribution in [1.29, 1.82) is 0 Å². The molecule has 1 aliphatic heterocycles. The third-order valence-electron chi connectivity index (χ3n) is 5.77. The van der Waals surface area contributed by atoms with Gasteiger partial charge in [-0.3, -0.25) is 9.59 Å². The fourth-order valence-electron chi connectivity index (χ4n) is 3.63. The quantitative estimate of drug-likeness (QED) is 0.475. The summed E-state index contributed by atoms with van der Waals surface area (Å²) in [4.78, 5) is 29.6. The highest BCUT2D eigenvalue weighted by molar-refractivity contribution is 5.98. The van der Waals surface area contributed by atoms with Crippen LogP contribution in [0.25, 0.3) is 11.3 Å². The van der Waals surface area contributed by atoms with Crippen LogP contribution >= 0.6 is 0 Å². The number of pyridine rings is 1. The zero-order valence-corrected chi connectivity index (χ0v) is 19.7. The van der Waals surface area contributed by atoms with E-state index in [2.05, 4.69) is 25.1 Å². The summed E-state index contributed by atoms with van der Waals surface area (Å²) >= 11 is 0. The summed E-state index contributed by atoms with van der Waals surface area (Å²) in [6.07, 6.45) is -3.36. The Morgan fingerprint density at radius 2 is 1.74 bits per heavy atom. The standard InChI is InChI=1S/C26H25F2N3O4/c1-5-22(32)29-18-8-6-7-16(13-18)23-15(2)9-12-21(30-23)31-24(33)25(3,4)17-10-11-19-20(14-17)35-26(27,28)34-19/h6-14H,5H2,1-4H3,(H,29,32)(H,30,31,33). The van der Waals surface area contributed by atoms with Crippen molar-refractivity contribution in [3.63, 3.8) is 0 Å². The first-order valence-electron chi connectivity index (χ1n) is 11.1. The maximum absolute atomic E-state index is 13.4. The van der Waals surface area contributed by atoms with Crippen LogP contribution in [0.15, 0.2) is 54.6 Å². The number of halogens is 2. The van der Waals surface area contributed by atoms with Crippen molar-refractivity contribution in [2.24, 2.45) is 0 Å². The normalized spacial score (nSPS) is 13.9. The Balaban J connectivity index is 1.57. The molecule has 2 N–H and O–H groups in total. The summed E-state index contributed by atoms with van der Waals surface area (Å²) < 4.78 is 35.7. The summed E-state index contributed by atoms with van der Waals surface area (Å²) in [6, 6.07) is 15.1. The van der Waals surface area contributed by atoms with Crippen LogP contribution in [-0.4, -0.2) is 23.1 Å². The minimum Gasteiger partial charge on any atom is -0.395 e. The molecule has 4 rings (SSSR count). The molecule has 0 saturated heterocycles. The second kappa shape index (κ2) is 8.98. The van der Waals surface area contributed by atoms with Gasteiger partial charge >= 0.3 is 6.29 Å². The van der Waals surface area contributed by atoms with Crippen molar-refractivity contribution < 1.29 is 27.8 Å². The highest BCUT2D eigenvalue weighted by atomic mass is 19.3. The Kier molecular flexibility index (Phi) is 6.19. The van der Waals surface area contributed by atoms with Crippen molar-refractivity contribution in [3.05, 3.63) is 65.7 Å². The predicted octanol–water partition coefficient (Wildman–Crippen LogP) is 5.64. The van der Waals surface area contributed by atoms with E-state index in [1.54, 1.807) is 39.0 Å². The summed E-state index contributed by atoms with van der Waals surface area (Å²) in [5.74, 6) is -0.355. The minimum absolute atomic E-state index is 0.0860. The van der Waals surface area contributed by atoms with Gasteiger partial charge in [0.05, 0.1) is 11.1 Å². The smallest absolute Gasteiger partial charge is 0.395 e. The number of carbonyl (C=O) groups excluding carboxylic acids is 2. The van der Waals surface area contributed by atoms with Crippen molar-refractivity contribution in [1.82, 2.24) is 4.98 Å². The van der Waals surface area contributed by atoms with Crippen molar-refractivity contribution in [3.8, 4) is 22.8 Å². The first-order chi connectivity index (χ1) is 16.5. The molecule has 0 aliphatic carbocycles. The fourth-order valence-corrected chi connectivity index (χ4v) is 3.63. The number of nitrogens with zero attached hydrogens (tertiary/aromatic N) is 1. The number of rotatable bonds is 6. The number of aromatic nitrogens is 1. The lowest BCUT2D eigenvalue weighted by Gasteiger charge is -2.24. The molecular weight excluding hydrogens is 456 g/mol. The lowest BCUT2D eigenvalue weighted by molar-refractivity contribution is -0.286. The molecule has 182 valence electrons. The van der Waals surface area contributed by atoms with Crippen LogP contribution < -0.4 is 20.1 Å². The van der Waals surface area contributed by atoms with Crippen molar-refractivity contribution in [2.75, 3.05) is 10.6 Å². The number of nitrogens with one attached hydrogen (secondary N) is 2. The maximum Gasteiger partial charge on any atom is 0.586 e. The van der Waals surface area contributed by atoms with Crippen LogP contribution in [0.2, 0.25) is 0 Å². The Bertz CT molecular complexity index is 1310. The van der Waals surface area contributed by atoms with E-state index in [-0.39, 0.29) is 23.3 Å². The van der Waals surface area contributed by atoms with Gasteiger partial charge in [-0.15, -0.1) is 8.78 Å². The number of alkyl halides is 2. The number of anilines is 2. The molecule has 0 fully saturated rings. The average Bonchev–Trinajstić information content (AvgIpc) is 3.13. The van der Waals surface area contributed by atoms with E-state index in [4.69, 9.17) is 0 Å². The zero-order valence-electron chi connectivity index (χ0n) is 19.7. The molecule has 2 amide bonds. The van der Waals surface area contributed by atoms with Gasteiger partial charge in [0.1, 0.15) is 5.82 Å². The lowest BCUT2D eigenvalue weighted by Crippen LogP contribution is -2.35. The van der Waals surface area contributed by atoms with E-state index in [1.165, 1.54) is 12.1 Å². The number of carbonyl (C=O) groups is 2. The second-order valence-corrected chi connectivity index (χ2v) is 8.75. The highest BCUT2D eigenvalue weighted by Crippen LogP contribution is 2.43. The molecule has 2 heterocycles. The van der Waals surface area contributed by atoms with Gasteiger partial charge in [0, 0.05) is 17.7 Å². The number of hydrogen-bond acceptors (Lipinski definition) is 5. The van der Waals surface area contributed by atoms with Crippen molar-refractivity contribution in [2.45, 2.75) is 45.8 Å². The predicted molar refractivity (Wildman–Crippen MR) is 128 cm³/mol. The van der Waals surface area contributed by atoms with Gasteiger partial charge in [-0.25, -0.2) is 4.98 Å². The van der Waals surface area contributed by atoms with Crippen LogP contribution in [0.4, 0.5) is 20.3 Å². The van der Waals surface area contributed by atoms with Crippen LogP contribution in [0.5, 0.6) is 11.5 Å². The zero-order chi connectivity index (χ0) is 25.4. The second-order valence-electron chi connectivity index (χ2n) is 8.75. The number of ether oxygens (including phenoxy) is 2. The van der Waals surface area contributed by atoms with E-state index >= 15 is 0 Å². The van der Waals surface area contributed by atoms with Crippen LogP contribution in [0, 0.1) is 6.92 Å². The Hall–Kier alpha value is -4.01. The third kappa shape index (κ3) is 5.08. The Labute approximate surface area is 201 Å². The van der Waals surface area contributed by atoms with E-state index in [0.717, 1.165) is 11.1 Å². The summed E-state index contributed by atoms with van der Waals surface area (Å²) in [6.45, 7) is 7.02. The molecule has 0 atom stereocenters. The molecule has 0 unspecified atom stereocenters. The molecule has 1 aromatic heterocycles. The molecule has 0 bridgehead atoms. The topological polar surface area (TPSA) is 89.6 Å². The first-order valence-corrected chi connectivity index (χ1v) is 11.1. The van der Waals surface area contributed by atoms with E-state index in [1.807, 2.05) is 31.2 Å². The molecule has 3 aromatic rings.